The van der Waals surface area contributed by atoms with Crippen molar-refractivity contribution in [2.45, 2.75) is 6.54 Å². The number of nitrogens with zero attached hydrogens (tertiary/aromatic N) is 2. The summed E-state index contributed by atoms with van der Waals surface area (Å²) in [6.07, 6.45) is 0. The lowest BCUT2D eigenvalue weighted by Crippen LogP contribution is -2.42. The molecule has 1 N–H and O–H groups in total. The van der Waals surface area contributed by atoms with Crippen LogP contribution in [0, 0.1) is 10.1 Å². The lowest BCUT2D eigenvalue weighted by atomic mass is 10.2. The summed E-state index contributed by atoms with van der Waals surface area (Å²) in [5.41, 5.74) is 1.12. The number of nitro groups is 1. The van der Waals surface area contributed by atoms with E-state index in [9.17, 15) is 10.1 Å². The lowest BCUT2D eigenvalue weighted by molar-refractivity contribution is -0.385. The van der Waals surface area contributed by atoms with Crippen molar-refractivity contribution in [1.29, 1.82) is 0 Å². The van der Waals surface area contributed by atoms with E-state index in [-0.39, 0.29) is 10.6 Å². The van der Waals surface area contributed by atoms with Crippen LogP contribution in [0.4, 0.5) is 5.69 Å². The number of piperazine rings is 1. The van der Waals surface area contributed by atoms with Crippen LogP contribution in [-0.4, -0.2) is 36.0 Å². The Kier molecular flexibility index (Phi) is 4.09. The summed E-state index contributed by atoms with van der Waals surface area (Å²) in [5.74, 6) is 0. The highest BCUT2D eigenvalue weighted by Crippen LogP contribution is 2.26. The number of benzene rings is 1. The molecule has 1 heterocycles. The number of halogens is 1. The molecule has 92 valence electrons. The van der Waals surface area contributed by atoms with Crippen molar-refractivity contribution >= 4 is 21.6 Å². The first-order valence-electron chi connectivity index (χ1n) is 5.53. The van der Waals surface area contributed by atoms with E-state index in [1.54, 1.807) is 12.1 Å². The molecule has 0 bridgehead atoms. The molecule has 1 saturated heterocycles. The molecule has 17 heavy (non-hydrogen) atoms. The van der Waals surface area contributed by atoms with Crippen molar-refractivity contribution in [3.8, 4) is 0 Å². The molecule has 1 aromatic carbocycles. The van der Waals surface area contributed by atoms with Crippen LogP contribution in [-0.2, 0) is 6.54 Å². The van der Waals surface area contributed by atoms with Gasteiger partial charge < -0.3 is 5.32 Å². The van der Waals surface area contributed by atoms with E-state index in [0.29, 0.717) is 4.47 Å². The van der Waals surface area contributed by atoms with Gasteiger partial charge in [0, 0.05) is 38.8 Å². The van der Waals surface area contributed by atoms with Crippen LogP contribution in [0.5, 0.6) is 0 Å². The maximum absolute atomic E-state index is 10.8. The number of nitrogens with one attached hydrogen (secondary N) is 1. The molecule has 0 amide bonds. The Bertz CT molecular complexity index is 419. The molecule has 0 spiro atoms. The predicted molar refractivity (Wildman–Crippen MR) is 68.9 cm³/mol. The van der Waals surface area contributed by atoms with E-state index in [2.05, 4.69) is 26.1 Å². The van der Waals surface area contributed by atoms with Crippen LogP contribution in [0.15, 0.2) is 22.7 Å². The van der Waals surface area contributed by atoms with Gasteiger partial charge in [-0.1, -0.05) is 6.07 Å². The fourth-order valence-corrected chi connectivity index (χ4v) is 2.32. The molecule has 1 aliphatic rings. The molecular weight excluding hydrogens is 286 g/mol. The second kappa shape index (κ2) is 5.57. The topological polar surface area (TPSA) is 58.4 Å². The summed E-state index contributed by atoms with van der Waals surface area (Å²) >= 11 is 3.19. The van der Waals surface area contributed by atoms with Crippen molar-refractivity contribution in [2.24, 2.45) is 0 Å². The molecule has 0 radical (unpaired) electrons. The normalized spacial score (nSPS) is 17.0. The van der Waals surface area contributed by atoms with Gasteiger partial charge in [-0.05, 0) is 27.6 Å². The van der Waals surface area contributed by atoms with Crippen LogP contribution >= 0.6 is 15.9 Å². The van der Waals surface area contributed by atoms with Gasteiger partial charge in [-0.15, -0.1) is 0 Å². The summed E-state index contributed by atoms with van der Waals surface area (Å²) in [7, 11) is 0. The van der Waals surface area contributed by atoms with Gasteiger partial charge in [0.05, 0.1) is 9.40 Å². The first-order valence-corrected chi connectivity index (χ1v) is 6.32. The summed E-state index contributed by atoms with van der Waals surface area (Å²) in [5, 5.41) is 14.1. The molecule has 1 fully saturated rings. The van der Waals surface area contributed by atoms with Crippen molar-refractivity contribution in [2.75, 3.05) is 26.2 Å². The first kappa shape index (κ1) is 12.5. The average molecular weight is 300 g/mol. The van der Waals surface area contributed by atoms with Gasteiger partial charge in [-0.25, -0.2) is 0 Å². The zero-order valence-corrected chi connectivity index (χ0v) is 10.9. The van der Waals surface area contributed by atoms with Crippen molar-refractivity contribution in [1.82, 2.24) is 10.2 Å². The van der Waals surface area contributed by atoms with Crippen molar-refractivity contribution < 1.29 is 4.92 Å². The molecule has 0 aromatic heterocycles. The Balaban J connectivity index is 2.10. The molecule has 1 aliphatic heterocycles. The van der Waals surface area contributed by atoms with Crippen LogP contribution in [0.2, 0.25) is 0 Å². The van der Waals surface area contributed by atoms with Crippen LogP contribution in [0.3, 0.4) is 0 Å². The lowest BCUT2D eigenvalue weighted by Gasteiger charge is -2.27. The van der Waals surface area contributed by atoms with E-state index < -0.39 is 0 Å². The zero-order chi connectivity index (χ0) is 12.3. The third kappa shape index (κ3) is 3.24. The minimum atomic E-state index is -0.356. The van der Waals surface area contributed by atoms with Gasteiger partial charge in [-0.2, -0.15) is 0 Å². The van der Waals surface area contributed by atoms with Gasteiger partial charge >= 0.3 is 0 Å². The molecular formula is C11H14BrN3O2. The van der Waals surface area contributed by atoms with E-state index in [1.165, 1.54) is 0 Å². The number of hydrogen-bond acceptors (Lipinski definition) is 4. The fourth-order valence-electron chi connectivity index (χ4n) is 1.92. The first-order chi connectivity index (χ1) is 8.16. The molecule has 2 rings (SSSR count). The summed E-state index contributed by atoms with van der Waals surface area (Å²) < 4.78 is 0.534. The Labute approximate surface area is 108 Å². The number of nitro benzene ring substituents is 1. The molecule has 1 aromatic rings. The number of hydrogen-bond donors (Lipinski definition) is 1. The second-order valence-electron chi connectivity index (χ2n) is 4.07. The molecule has 0 unspecified atom stereocenters. The molecule has 0 aliphatic carbocycles. The van der Waals surface area contributed by atoms with Gasteiger partial charge in [0.15, 0.2) is 0 Å². The largest absolute Gasteiger partial charge is 0.314 e. The predicted octanol–water partition coefficient (Wildman–Crippen LogP) is 1.76. The average Bonchev–Trinajstić information content (AvgIpc) is 2.32. The van der Waals surface area contributed by atoms with Gasteiger partial charge in [0.1, 0.15) is 0 Å². The highest BCUT2D eigenvalue weighted by Gasteiger charge is 2.15. The van der Waals surface area contributed by atoms with Gasteiger partial charge in [0.2, 0.25) is 0 Å². The Morgan fingerprint density at radius 2 is 2.12 bits per heavy atom. The monoisotopic (exact) mass is 299 g/mol. The SMILES string of the molecule is O=[N+]([O-])c1cc(CN2CCNCC2)ccc1Br. The quantitative estimate of drug-likeness (QED) is 0.682. The smallest absolute Gasteiger partial charge is 0.283 e. The highest BCUT2D eigenvalue weighted by atomic mass is 79.9. The Hall–Kier alpha value is -0.980. The molecule has 6 heteroatoms. The van der Waals surface area contributed by atoms with Crippen LogP contribution < -0.4 is 5.32 Å². The summed E-state index contributed by atoms with van der Waals surface area (Å²) in [6.45, 7) is 4.72. The minimum Gasteiger partial charge on any atom is -0.314 e. The Morgan fingerprint density at radius 1 is 1.41 bits per heavy atom. The second-order valence-corrected chi connectivity index (χ2v) is 4.92. The highest BCUT2D eigenvalue weighted by molar-refractivity contribution is 9.10. The Morgan fingerprint density at radius 3 is 2.76 bits per heavy atom. The van der Waals surface area contributed by atoms with Crippen LogP contribution in [0.25, 0.3) is 0 Å². The van der Waals surface area contributed by atoms with Gasteiger partial charge in [-0.3, -0.25) is 15.0 Å². The standard InChI is InChI=1S/C11H14BrN3O2/c12-10-2-1-9(7-11(10)15(16)17)8-14-5-3-13-4-6-14/h1-2,7,13H,3-6,8H2. The zero-order valence-electron chi connectivity index (χ0n) is 9.36. The van der Waals surface area contributed by atoms with Gasteiger partial charge in [0.25, 0.3) is 5.69 Å². The summed E-state index contributed by atoms with van der Waals surface area (Å²) in [4.78, 5) is 12.8. The van der Waals surface area contributed by atoms with E-state index in [0.717, 1.165) is 38.3 Å². The fraction of sp³-hybridized carbons (Fsp3) is 0.455. The minimum absolute atomic E-state index is 0.137. The van der Waals surface area contributed by atoms with Crippen molar-refractivity contribution in [3.63, 3.8) is 0 Å². The number of rotatable bonds is 3. The van der Waals surface area contributed by atoms with Crippen LogP contribution in [0.1, 0.15) is 5.56 Å². The van der Waals surface area contributed by atoms with E-state index in [1.807, 2.05) is 6.07 Å². The van der Waals surface area contributed by atoms with Crippen molar-refractivity contribution in [3.05, 3.63) is 38.3 Å². The third-order valence-corrected chi connectivity index (χ3v) is 3.49. The maximum atomic E-state index is 10.8. The van der Waals surface area contributed by atoms with E-state index in [4.69, 9.17) is 0 Å². The molecule has 0 atom stereocenters. The summed E-state index contributed by atoms with van der Waals surface area (Å²) in [6, 6.07) is 5.32. The molecule has 0 saturated carbocycles. The van der Waals surface area contributed by atoms with E-state index >= 15 is 0 Å². The maximum Gasteiger partial charge on any atom is 0.283 e. The third-order valence-electron chi connectivity index (χ3n) is 2.82. The molecule has 5 nitrogen and oxygen atoms in total.